The van der Waals surface area contributed by atoms with E-state index >= 15 is 0 Å². The topological polar surface area (TPSA) is 97.1 Å². The fourth-order valence-electron chi connectivity index (χ4n) is 2.55. The van der Waals surface area contributed by atoms with Gasteiger partial charge in [0.15, 0.2) is 0 Å². The molecule has 31 heavy (non-hydrogen) atoms. The SMILES string of the molecule is CC(C)c1nnc(NC(=O)/C(C#N)=C\c2ccccc2OCCOc2ccccc2)s1. The lowest BCUT2D eigenvalue weighted by Crippen LogP contribution is -2.13. The average Bonchev–Trinajstić information content (AvgIpc) is 3.25. The van der Waals surface area contributed by atoms with E-state index in [0.717, 1.165) is 10.8 Å². The molecule has 8 heteroatoms. The van der Waals surface area contributed by atoms with E-state index in [2.05, 4.69) is 15.5 Å². The monoisotopic (exact) mass is 434 g/mol. The van der Waals surface area contributed by atoms with Crippen LogP contribution in [-0.2, 0) is 4.79 Å². The number of carbonyl (C=O) groups is 1. The highest BCUT2D eigenvalue weighted by Gasteiger charge is 2.15. The number of para-hydroxylation sites is 2. The van der Waals surface area contributed by atoms with Crippen LogP contribution in [0.1, 0.15) is 30.3 Å². The molecule has 0 saturated carbocycles. The summed E-state index contributed by atoms with van der Waals surface area (Å²) < 4.78 is 11.4. The van der Waals surface area contributed by atoms with Crippen LogP contribution in [0.15, 0.2) is 60.2 Å². The molecule has 0 unspecified atom stereocenters. The maximum Gasteiger partial charge on any atom is 0.268 e. The Balaban J connectivity index is 1.64. The zero-order valence-corrected chi connectivity index (χ0v) is 18.1. The summed E-state index contributed by atoms with van der Waals surface area (Å²) in [6.07, 6.45) is 1.49. The number of amides is 1. The van der Waals surface area contributed by atoms with E-state index in [-0.39, 0.29) is 11.5 Å². The zero-order valence-electron chi connectivity index (χ0n) is 17.2. The maximum absolute atomic E-state index is 12.5. The quantitative estimate of drug-likeness (QED) is 0.299. The number of hydrogen-bond acceptors (Lipinski definition) is 7. The molecule has 3 aromatic rings. The lowest BCUT2D eigenvalue weighted by atomic mass is 10.1. The van der Waals surface area contributed by atoms with E-state index in [4.69, 9.17) is 9.47 Å². The van der Waals surface area contributed by atoms with Gasteiger partial charge in [-0.2, -0.15) is 5.26 Å². The highest BCUT2D eigenvalue weighted by atomic mass is 32.1. The van der Waals surface area contributed by atoms with Crippen molar-refractivity contribution >= 4 is 28.5 Å². The Labute approximate surface area is 185 Å². The maximum atomic E-state index is 12.5. The molecule has 7 nitrogen and oxygen atoms in total. The summed E-state index contributed by atoms with van der Waals surface area (Å²) in [6.45, 7) is 4.67. The molecule has 1 amide bonds. The molecule has 0 aliphatic carbocycles. The van der Waals surface area contributed by atoms with Gasteiger partial charge in [0.05, 0.1) is 0 Å². The first-order chi connectivity index (χ1) is 15.1. The predicted molar refractivity (Wildman–Crippen MR) is 120 cm³/mol. The molecule has 1 N–H and O–H groups in total. The number of ether oxygens (including phenoxy) is 2. The summed E-state index contributed by atoms with van der Waals surface area (Å²) in [4.78, 5) is 12.5. The highest BCUT2D eigenvalue weighted by molar-refractivity contribution is 7.15. The van der Waals surface area contributed by atoms with E-state index in [0.29, 0.717) is 29.7 Å². The number of carbonyl (C=O) groups excluding carboxylic acids is 1. The molecule has 0 radical (unpaired) electrons. The molecule has 0 saturated heterocycles. The van der Waals surface area contributed by atoms with Gasteiger partial charge in [0, 0.05) is 11.5 Å². The molecule has 0 bridgehead atoms. The van der Waals surface area contributed by atoms with Crippen LogP contribution in [0.25, 0.3) is 6.08 Å². The van der Waals surface area contributed by atoms with Crippen LogP contribution in [0.5, 0.6) is 11.5 Å². The van der Waals surface area contributed by atoms with Gasteiger partial charge in [0.25, 0.3) is 5.91 Å². The van der Waals surface area contributed by atoms with Crippen molar-refractivity contribution in [2.45, 2.75) is 19.8 Å². The van der Waals surface area contributed by atoms with Crippen LogP contribution in [0.4, 0.5) is 5.13 Å². The Morgan fingerprint density at radius 1 is 1.10 bits per heavy atom. The van der Waals surface area contributed by atoms with Crippen LogP contribution < -0.4 is 14.8 Å². The second kappa shape index (κ2) is 10.9. The van der Waals surface area contributed by atoms with Crippen molar-refractivity contribution in [3.63, 3.8) is 0 Å². The molecule has 0 fully saturated rings. The Morgan fingerprint density at radius 3 is 2.52 bits per heavy atom. The third kappa shape index (κ3) is 6.39. The number of benzene rings is 2. The van der Waals surface area contributed by atoms with Crippen LogP contribution in [0, 0.1) is 11.3 Å². The summed E-state index contributed by atoms with van der Waals surface area (Å²) in [5.41, 5.74) is 0.562. The van der Waals surface area contributed by atoms with Crippen molar-refractivity contribution in [1.29, 1.82) is 5.26 Å². The van der Waals surface area contributed by atoms with Crippen molar-refractivity contribution in [2.75, 3.05) is 18.5 Å². The van der Waals surface area contributed by atoms with Crippen molar-refractivity contribution in [3.05, 3.63) is 70.7 Å². The van der Waals surface area contributed by atoms with Crippen molar-refractivity contribution in [3.8, 4) is 17.6 Å². The molecule has 158 valence electrons. The summed E-state index contributed by atoms with van der Waals surface area (Å²) in [5.74, 6) is 0.984. The summed E-state index contributed by atoms with van der Waals surface area (Å²) in [6, 6.07) is 18.6. The first-order valence-corrected chi connectivity index (χ1v) is 10.5. The van der Waals surface area contributed by atoms with E-state index in [1.54, 1.807) is 12.1 Å². The molecule has 3 rings (SSSR count). The molecule has 2 aromatic carbocycles. The largest absolute Gasteiger partial charge is 0.490 e. The Bertz CT molecular complexity index is 1090. The van der Waals surface area contributed by atoms with E-state index < -0.39 is 5.91 Å². The second-order valence-corrected chi connectivity index (χ2v) is 7.78. The number of rotatable bonds is 9. The second-order valence-electron chi connectivity index (χ2n) is 6.77. The smallest absolute Gasteiger partial charge is 0.268 e. The fourth-order valence-corrected chi connectivity index (χ4v) is 3.29. The van der Waals surface area contributed by atoms with Gasteiger partial charge in [0.2, 0.25) is 5.13 Å². The van der Waals surface area contributed by atoms with Crippen LogP contribution >= 0.6 is 11.3 Å². The number of aromatic nitrogens is 2. The van der Waals surface area contributed by atoms with Gasteiger partial charge in [-0.1, -0.05) is 61.6 Å². The van der Waals surface area contributed by atoms with Gasteiger partial charge in [-0.15, -0.1) is 10.2 Å². The Hall–Kier alpha value is -3.70. The van der Waals surface area contributed by atoms with Gasteiger partial charge >= 0.3 is 0 Å². The van der Waals surface area contributed by atoms with E-state index in [1.165, 1.54) is 17.4 Å². The zero-order chi connectivity index (χ0) is 22.1. The molecule has 0 aliphatic rings. The molecule has 1 aromatic heterocycles. The Morgan fingerprint density at radius 2 is 1.81 bits per heavy atom. The van der Waals surface area contributed by atoms with Gasteiger partial charge in [-0.05, 0) is 24.3 Å². The number of nitrogens with one attached hydrogen (secondary N) is 1. The molecular formula is C23H22N4O3S. The third-order valence-electron chi connectivity index (χ3n) is 4.09. The van der Waals surface area contributed by atoms with Gasteiger partial charge in [-0.25, -0.2) is 0 Å². The molecule has 0 atom stereocenters. The molecule has 0 spiro atoms. The number of anilines is 1. The van der Waals surface area contributed by atoms with Crippen LogP contribution in [0.3, 0.4) is 0 Å². The first kappa shape index (κ1) is 22.0. The van der Waals surface area contributed by atoms with Crippen molar-refractivity contribution in [2.24, 2.45) is 0 Å². The lowest BCUT2D eigenvalue weighted by Gasteiger charge is -2.10. The standard InChI is InChI=1S/C23H22N4O3S/c1-16(2)22-26-27-23(31-22)25-21(28)18(15-24)14-17-8-6-7-11-20(17)30-13-12-29-19-9-4-3-5-10-19/h3-11,14,16H,12-13H2,1-2H3,(H,25,27,28)/b18-14-. The minimum Gasteiger partial charge on any atom is -0.490 e. The number of hydrogen-bond donors (Lipinski definition) is 1. The number of nitriles is 1. The molecule has 1 heterocycles. The minimum absolute atomic E-state index is 0.0575. The summed E-state index contributed by atoms with van der Waals surface area (Å²) >= 11 is 1.29. The van der Waals surface area contributed by atoms with Gasteiger partial charge in [-0.3, -0.25) is 10.1 Å². The molecular weight excluding hydrogens is 412 g/mol. The van der Waals surface area contributed by atoms with Crippen molar-refractivity contribution in [1.82, 2.24) is 10.2 Å². The van der Waals surface area contributed by atoms with E-state index in [9.17, 15) is 10.1 Å². The van der Waals surface area contributed by atoms with Gasteiger partial charge < -0.3 is 9.47 Å². The molecule has 0 aliphatic heterocycles. The summed E-state index contributed by atoms with van der Waals surface area (Å²) in [7, 11) is 0. The fraction of sp³-hybridized carbons (Fsp3) is 0.217. The highest BCUT2D eigenvalue weighted by Crippen LogP contribution is 2.24. The van der Waals surface area contributed by atoms with Crippen molar-refractivity contribution < 1.29 is 14.3 Å². The predicted octanol–water partition coefficient (Wildman–Crippen LogP) is 4.66. The summed E-state index contributed by atoms with van der Waals surface area (Å²) in [5, 5.41) is 21.3. The normalized spacial score (nSPS) is 11.1. The van der Waals surface area contributed by atoms with Gasteiger partial charge in [0.1, 0.15) is 41.4 Å². The first-order valence-electron chi connectivity index (χ1n) is 9.73. The third-order valence-corrected chi connectivity index (χ3v) is 5.23. The lowest BCUT2D eigenvalue weighted by molar-refractivity contribution is -0.112. The minimum atomic E-state index is -0.545. The average molecular weight is 435 g/mol. The number of nitrogens with zero attached hydrogens (tertiary/aromatic N) is 3. The van der Waals surface area contributed by atoms with Crippen LogP contribution in [-0.4, -0.2) is 29.3 Å². The van der Waals surface area contributed by atoms with E-state index in [1.807, 2.05) is 62.4 Å². The Kier molecular flexibility index (Phi) is 7.73. The van der Waals surface area contributed by atoms with Crippen LogP contribution in [0.2, 0.25) is 0 Å².